The first kappa shape index (κ1) is 11.8. The zero-order valence-corrected chi connectivity index (χ0v) is 9.40. The van der Waals surface area contributed by atoms with Crippen molar-refractivity contribution in [3.63, 3.8) is 0 Å². The fraction of sp³-hybridized carbons (Fsp3) is 0.462. The van der Waals surface area contributed by atoms with Gasteiger partial charge in [-0.3, -0.25) is 4.79 Å². The summed E-state index contributed by atoms with van der Waals surface area (Å²) in [5.41, 5.74) is 1.19. The molecule has 1 atom stereocenters. The van der Waals surface area contributed by atoms with E-state index < -0.39 is 0 Å². The molecule has 0 bridgehead atoms. The molecular weight excluding hydrogens is 188 g/mol. The molecule has 0 radical (unpaired) electrons. The lowest BCUT2D eigenvalue weighted by molar-refractivity contribution is -0.144. The standard InChI is InChI=1S/C13H18O2/c1-3-9-15-13(14)10-11(2)12-7-5-4-6-8-12/h4-8,11H,3,9-10H2,1-2H3/t11-/m1/s1. The second-order valence-corrected chi connectivity index (χ2v) is 3.74. The first-order chi connectivity index (χ1) is 7.24. The van der Waals surface area contributed by atoms with Crippen molar-refractivity contribution in [1.29, 1.82) is 0 Å². The predicted octanol–water partition coefficient (Wildman–Crippen LogP) is 3.13. The minimum Gasteiger partial charge on any atom is -0.466 e. The third-order valence-corrected chi connectivity index (χ3v) is 2.31. The Morgan fingerprint density at radius 1 is 1.33 bits per heavy atom. The lowest BCUT2D eigenvalue weighted by Gasteiger charge is -2.10. The van der Waals surface area contributed by atoms with Crippen LogP contribution in [0.15, 0.2) is 30.3 Å². The van der Waals surface area contributed by atoms with Crippen LogP contribution in [0.25, 0.3) is 0 Å². The summed E-state index contributed by atoms with van der Waals surface area (Å²) in [6.07, 6.45) is 1.34. The summed E-state index contributed by atoms with van der Waals surface area (Å²) >= 11 is 0. The number of esters is 1. The average Bonchev–Trinajstić information content (AvgIpc) is 2.27. The van der Waals surface area contributed by atoms with Gasteiger partial charge < -0.3 is 4.74 Å². The Bertz CT molecular complexity index is 293. The van der Waals surface area contributed by atoms with Gasteiger partial charge in [-0.1, -0.05) is 44.2 Å². The van der Waals surface area contributed by atoms with E-state index in [-0.39, 0.29) is 11.9 Å². The van der Waals surface area contributed by atoms with Crippen molar-refractivity contribution in [1.82, 2.24) is 0 Å². The van der Waals surface area contributed by atoms with Crippen molar-refractivity contribution in [3.05, 3.63) is 35.9 Å². The molecule has 2 heteroatoms. The summed E-state index contributed by atoms with van der Waals surface area (Å²) < 4.78 is 5.04. The molecule has 0 spiro atoms. The van der Waals surface area contributed by atoms with Crippen molar-refractivity contribution < 1.29 is 9.53 Å². The molecule has 1 rings (SSSR count). The summed E-state index contributed by atoms with van der Waals surface area (Å²) in [6.45, 7) is 4.57. The molecule has 1 aromatic rings. The number of carbonyl (C=O) groups excluding carboxylic acids is 1. The second kappa shape index (κ2) is 6.23. The Hall–Kier alpha value is -1.31. The van der Waals surface area contributed by atoms with Crippen molar-refractivity contribution in [2.75, 3.05) is 6.61 Å². The number of ether oxygens (including phenoxy) is 1. The Balaban J connectivity index is 2.42. The summed E-state index contributed by atoms with van der Waals surface area (Å²) in [6, 6.07) is 10.0. The molecule has 15 heavy (non-hydrogen) atoms. The topological polar surface area (TPSA) is 26.3 Å². The Morgan fingerprint density at radius 2 is 2.00 bits per heavy atom. The first-order valence-corrected chi connectivity index (χ1v) is 5.44. The molecule has 0 unspecified atom stereocenters. The molecular formula is C13H18O2. The van der Waals surface area contributed by atoms with Crippen LogP contribution in [0.5, 0.6) is 0 Å². The lowest BCUT2D eigenvalue weighted by Crippen LogP contribution is -2.09. The van der Waals surface area contributed by atoms with E-state index in [0.717, 1.165) is 6.42 Å². The van der Waals surface area contributed by atoms with Gasteiger partial charge in [0.25, 0.3) is 0 Å². The highest BCUT2D eigenvalue weighted by Crippen LogP contribution is 2.18. The molecule has 0 aliphatic heterocycles. The van der Waals surface area contributed by atoms with E-state index in [9.17, 15) is 4.79 Å². The second-order valence-electron chi connectivity index (χ2n) is 3.74. The Kier molecular flexibility index (Phi) is 4.88. The zero-order chi connectivity index (χ0) is 11.1. The summed E-state index contributed by atoms with van der Waals surface area (Å²) in [7, 11) is 0. The van der Waals surface area contributed by atoms with Crippen molar-refractivity contribution >= 4 is 5.97 Å². The third-order valence-electron chi connectivity index (χ3n) is 2.31. The molecule has 0 fully saturated rings. The first-order valence-electron chi connectivity index (χ1n) is 5.44. The summed E-state index contributed by atoms with van der Waals surface area (Å²) in [5.74, 6) is 0.128. The summed E-state index contributed by atoms with van der Waals surface area (Å²) in [5, 5.41) is 0. The van der Waals surface area contributed by atoms with Gasteiger partial charge in [-0.15, -0.1) is 0 Å². The molecule has 0 aliphatic carbocycles. The van der Waals surface area contributed by atoms with Gasteiger partial charge in [0.05, 0.1) is 13.0 Å². The lowest BCUT2D eigenvalue weighted by atomic mass is 9.98. The van der Waals surface area contributed by atoms with Crippen LogP contribution in [0.1, 0.15) is 38.2 Å². The largest absolute Gasteiger partial charge is 0.466 e. The quantitative estimate of drug-likeness (QED) is 0.692. The van der Waals surface area contributed by atoms with E-state index in [0.29, 0.717) is 13.0 Å². The third kappa shape index (κ3) is 4.15. The minimum atomic E-state index is -0.104. The number of hydrogen-bond donors (Lipinski definition) is 0. The number of rotatable bonds is 5. The molecule has 0 heterocycles. The van der Waals surface area contributed by atoms with E-state index in [1.54, 1.807) is 0 Å². The van der Waals surface area contributed by atoms with Crippen LogP contribution in [-0.2, 0) is 9.53 Å². The van der Waals surface area contributed by atoms with Crippen molar-refractivity contribution in [2.24, 2.45) is 0 Å². The maximum Gasteiger partial charge on any atom is 0.306 e. The van der Waals surface area contributed by atoms with Crippen LogP contribution in [0.3, 0.4) is 0 Å². The summed E-state index contributed by atoms with van der Waals surface area (Å²) in [4.78, 5) is 11.4. The molecule has 0 aromatic heterocycles. The van der Waals surface area contributed by atoms with Crippen LogP contribution in [0.2, 0.25) is 0 Å². The molecule has 0 amide bonds. The van der Waals surface area contributed by atoms with Gasteiger partial charge in [0.2, 0.25) is 0 Å². The van der Waals surface area contributed by atoms with Crippen LogP contribution in [0.4, 0.5) is 0 Å². The smallest absolute Gasteiger partial charge is 0.306 e. The zero-order valence-electron chi connectivity index (χ0n) is 9.40. The van der Waals surface area contributed by atoms with E-state index in [2.05, 4.69) is 0 Å². The fourth-order valence-electron chi connectivity index (χ4n) is 1.42. The number of hydrogen-bond acceptors (Lipinski definition) is 2. The van der Waals surface area contributed by atoms with Gasteiger partial charge in [-0.25, -0.2) is 0 Å². The van der Waals surface area contributed by atoms with Crippen LogP contribution in [0, 0.1) is 0 Å². The highest BCUT2D eigenvalue weighted by molar-refractivity contribution is 5.70. The van der Waals surface area contributed by atoms with Gasteiger partial charge in [-0.05, 0) is 17.9 Å². The Morgan fingerprint density at radius 3 is 2.60 bits per heavy atom. The maximum atomic E-state index is 11.4. The number of benzene rings is 1. The molecule has 0 saturated heterocycles. The van der Waals surface area contributed by atoms with E-state index in [1.807, 2.05) is 44.2 Å². The Labute approximate surface area is 91.3 Å². The molecule has 0 aliphatic rings. The van der Waals surface area contributed by atoms with Gasteiger partial charge in [-0.2, -0.15) is 0 Å². The molecule has 2 nitrogen and oxygen atoms in total. The van der Waals surface area contributed by atoms with Gasteiger partial charge in [0.15, 0.2) is 0 Å². The van der Waals surface area contributed by atoms with E-state index in [4.69, 9.17) is 4.74 Å². The molecule has 0 N–H and O–H groups in total. The number of carbonyl (C=O) groups is 1. The fourth-order valence-corrected chi connectivity index (χ4v) is 1.42. The highest BCUT2D eigenvalue weighted by Gasteiger charge is 2.11. The normalized spacial score (nSPS) is 12.1. The SMILES string of the molecule is CCCOC(=O)C[C@@H](C)c1ccccc1. The van der Waals surface area contributed by atoms with Gasteiger partial charge >= 0.3 is 5.97 Å². The van der Waals surface area contributed by atoms with Crippen LogP contribution < -0.4 is 0 Å². The van der Waals surface area contributed by atoms with Gasteiger partial charge in [0, 0.05) is 0 Å². The van der Waals surface area contributed by atoms with E-state index >= 15 is 0 Å². The van der Waals surface area contributed by atoms with Gasteiger partial charge in [0.1, 0.15) is 0 Å². The minimum absolute atomic E-state index is 0.104. The highest BCUT2D eigenvalue weighted by atomic mass is 16.5. The van der Waals surface area contributed by atoms with E-state index in [1.165, 1.54) is 5.56 Å². The predicted molar refractivity (Wildman–Crippen MR) is 60.7 cm³/mol. The van der Waals surface area contributed by atoms with Crippen molar-refractivity contribution in [2.45, 2.75) is 32.6 Å². The molecule has 0 saturated carbocycles. The molecule has 1 aromatic carbocycles. The average molecular weight is 206 g/mol. The monoisotopic (exact) mass is 206 g/mol. The maximum absolute atomic E-state index is 11.4. The van der Waals surface area contributed by atoms with Crippen molar-refractivity contribution in [3.8, 4) is 0 Å². The molecule has 82 valence electrons. The van der Waals surface area contributed by atoms with Crippen LogP contribution >= 0.6 is 0 Å². The van der Waals surface area contributed by atoms with Crippen LogP contribution in [-0.4, -0.2) is 12.6 Å².